The Hall–Kier alpha value is -1.58. The number of ether oxygens (including phenoxy) is 1. The van der Waals surface area contributed by atoms with Crippen LogP contribution in [0.1, 0.15) is 29.8 Å². The molecular formula is C16H19ClN2O. The molecule has 1 atom stereocenters. The predicted molar refractivity (Wildman–Crippen MR) is 82.5 cm³/mol. The van der Waals surface area contributed by atoms with Gasteiger partial charge in [-0.15, -0.1) is 0 Å². The summed E-state index contributed by atoms with van der Waals surface area (Å²) in [5, 5.41) is 4.22. The molecule has 0 fully saturated rings. The lowest BCUT2D eigenvalue weighted by atomic mass is 9.97. The topological polar surface area (TPSA) is 34.2 Å². The van der Waals surface area contributed by atoms with Crippen molar-refractivity contribution in [3.63, 3.8) is 0 Å². The molecule has 0 aliphatic rings. The first-order chi connectivity index (χ1) is 9.69. The third-order valence-corrected chi connectivity index (χ3v) is 3.73. The van der Waals surface area contributed by atoms with Crippen molar-refractivity contribution in [1.82, 2.24) is 10.3 Å². The van der Waals surface area contributed by atoms with Gasteiger partial charge in [-0.3, -0.25) is 4.98 Å². The lowest BCUT2D eigenvalue weighted by Crippen LogP contribution is -2.24. The first kappa shape index (κ1) is 14.8. The van der Waals surface area contributed by atoms with Crippen LogP contribution in [-0.2, 0) is 0 Å². The Kier molecular flexibility index (Phi) is 4.99. The molecule has 2 aromatic rings. The summed E-state index contributed by atoms with van der Waals surface area (Å²) in [6.07, 6.45) is 1.78. The maximum Gasteiger partial charge on any atom is 0.142 e. The van der Waals surface area contributed by atoms with Gasteiger partial charge in [-0.25, -0.2) is 0 Å². The number of halogens is 1. The van der Waals surface area contributed by atoms with Crippen LogP contribution < -0.4 is 10.1 Å². The van der Waals surface area contributed by atoms with E-state index in [1.165, 1.54) is 0 Å². The van der Waals surface area contributed by atoms with Crippen LogP contribution in [-0.4, -0.2) is 18.6 Å². The van der Waals surface area contributed by atoms with E-state index < -0.39 is 0 Å². The zero-order valence-electron chi connectivity index (χ0n) is 12.0. The smallest absolute Gasteiger partial charge is 0.142 e. The van der Waals surface area contributed by atoms with E-state index in [1.807, 2.05) is 31.2 Å². The standard InChI is InChI=1S/C16H19ClN2O/c1-4-18-15(12-7-5-8-13(17)11(12)2)16-14(20-3)9-6-10-19-16/h5-10,15,18H,4H2,1-3H3. The van der Waals surface area contributed by atoms with Crippen LogP contribution in [0.4, 0.5) is 0 Å². The summed E-state index contributed by atoms with van der Waals surface area (Å²) in [5.74, 6) is 0.776. The minimum atomic E-state index is -0.0325. The quantitative estimate of drug-likeness (QED) is 0.910. The van der Waals surface area contributed by atoms with Crippen molar-refractivity contribution in [2.75, 3.05) is 13.7 Å². The van der Waals surface area contributed by atoms with Crippen molar-refractivity contribution in [3.8, 4) is 5.75 Å². The van der Waals surface area contributed by atoms with Gasteiger partial charge in [-0.2, -0.15) is 0 Å². The molecule has 0 aliphatic heterocycles. The Morgan fingerprint density at radius 2 is 2.10 bits per heavy atom. The molecule has 0 amide bonds. The summed E-state index contributed by atoms with van der Waals surface area (Å²) < 4.78 is 5.43. The second kappa shape index (κ2) is 6.73. The Morgan fingerprint density at radius 3 is 2.80 bits per heavy atom. The molecule has 1 unspecified atom stereocenters. The highest BCUT2D eigenvalue weighted by atomic mass is 35.5. The minimum Gasteiger partial charge on any atom is -0.495 e. The summed E-state index contributed by atoms with van der Waals surface area (Å²) in [6.45, 7) is 4.93. The molecule has 1 N–H and O–H groups in total. The van der Waals surface area contributed by atoms with Gasteiger partial charge in [-0.05, 0) is 42.8 Å². The molecule has 4 heteroatoms. The summed E-state index contributed by atoms with van der Waals surface area (Å²) >= 11 is 6.24. The van der Waals surface area contributed by atoms with E-state index in [0.717, 1.165) is 34.1 Å². The number of pyridine rings is 1. The Balaban J connectivity index is 2.53. The van der Waals surface area contributed by atoms with Crippen molar-refractivity contribution < 1.29 is 4.74 Å². The highest BCUT2D eigenvalue weighted by Gasteiger charge is 2.21. The molecule has 0 radical (unpaired) electrons. The van der Waals surface area contributed by atoms with Gasteiger partial charge in [-0.1, -0.05) is 30.7 Å². The van der Waals surface area contributed by atoms with Gasteiger partial charge >= 0.3 is 0 Å². The van der Waals surface area contributed by atoms with Gasteiger partial charge in [0.1, 0.15) is 11.4 Å². The van der Waals surface area contributed by atoms with E-state index in [4.69, 9.17) is 16.3 Å². The van der Waals surface area contributed by atoms with Crippen molar-refractivity contribution in [3.05, 3.63) is 58.4 Å². The van der Waals surface area contributed by atoms with Crippen molar-refractivity contribution in [1.29, 1.82) is 0 Å². The molecule has 0 saturated carbocycles. The van der Waals surface area contributed by atoms with Crippen LogP contribution in [0.3, 0.4) is 0 Å². The van der Waals surface area contributed by atoms with Crippen LogP contribution >= 0.6 is 11.6 Å². The van der Waals surface area contributed by atoms with Crippen LogP contribution in [0.25, 0.3) is 0 Å². The highest BCUT2D eigenvalue weighted by Crippen LogP contribution is 2.32. The lowest BCUT2D eigenvalue weighted by Gasteiger charge is -2.22. The van der Waals surface area contributed by atoms with Gasteiger partial charge in [0, 0.05) is 11.2 Å². The van der Waals surface area contributed by atoms with E-state index in [0.29, 0.717) is 0 Å². The third-order valence-electron chi connectivity index (χ3n) is 3.32. The van der Waals surface area contributed by atoms with Crippen LogP contribution in [0, 0.1) is 6.92 Å². The number of nitrogens with zero attached hydrogens (tertiary/aromatic N) is 1. The molecule has 1 aromatic carbocycles. The molecule has 0 spiro atoms. The molecule has 0 aliphatic carbocycles. The number of nitrogens with one attached hydrogen (secondary N) is 1. The third kappa shape index (κ3) is 2.94. The second-order valence-corrected chi connectivity index (χ2v) is 4.94. The zero-order valence-corrected chi connectivity index (χ0v) is 12.7. The van der Waals surface area contributed by atoms with Crippen LogP contribution in [0.2, 0.25) is 5.02 Å². The lowest BCUT2D eigenvalue weighted by molar-refractivity contribution is 0.400. The number of hydrogen-bond acceptors (Lipinski definition) is 3. The normalized spacial score (nSPS) is 12.2. The van der Waals surface area contributed by atoms with Crippen LogP contribution in [0.15, 0.2) is 36.5 Å². The number of hydrogen-bond donors (Lipinski definition) is 1. The van der Waals surface area contributed by atoms with Crippen molar-refractivity contribution in [2.45, 2.75) is 19.9 Å². The van der Waals surface area contributed by atoms with Crippen molar-refractivity contribution in [2.24, 2.45) is 0 Å². The van der Waals surface area contributed by atoms with Gasteiger partial charge in [0.25, 0.3) is 0 Å². The molecule has 2 rings (SSSR count). The summed E-state index contributed by atoms with van der Waals surface area (Å²) in [5.41, 5.74) is 3.06. The highest BCUT2D eigenvalue weighted by molar-refractivity contribution is 6.31. The van der Waals surface area contributed by atoms with Crippen molar-refractivity contribution >= 4 is 11.6 Å². The Bertz CT molecular complexity index is 586. The molecule has 0 saturated heterocycles. The van der Waals surface area contributed by atoms with Gasteiger partial charge < -0.3 is 10.1 Å². The summed E-state index contributed by atoms with van der Waals surface area (Å²) in [7, 11) is 1.66. The van der Waals surface area contributed by atoms with Gasteiger partial charge in [0.05, 0.1) is 13.2 Å². The zero-order chi connectivity index (χ0) is 14.5. The molecular weight excluding hydrogens is 272 g/mol. The molecule has 1 aromatic heterocycles. The largest absolute Gasteiger partial charge is 0.495 e. The predicted octanol–water partition coefficient (Wildman–Crippen LogP) is 3.75. The Morgan fingerprint density at radius 1 is 1.30 bits per heavy atom. The maximum absolute atomic E-state index is 6.24. The molecule has 3 nitrogen and oxygen atoms in total. The summed E-state index contributed by atoms with van der Waals surface area (Å²) in [6, 6.07) is 9.70. The SMILES string of the molecule is CCNC(c1cccc(Cl)c1C)c1ncccc1OC. The summed E-state index contributed by atoms with van der Waals surface area (Å²) in [4.78, 5) is 4.49. The second-order valence-electron chi connectivity index (χ2n) is 4.54. The monoisotopic (exact) mass is 290 g/mol. The van der Waals surface area contributed by atoms with E-state index >= 15 is 0 Å². The molecule has 1 heterocycles. The average molecular weight is 291 g/mol. The molecule has 20 heavy (non-hydrogen) atoms. The van der Waals surface area contributed by atoms with E-state index in [-0.39, 0.29) is 6.04 Å². The molecule has 0 bridgehead atoms. The molecule has 106 valence electrons. The fourth-order valence-corrected chi connectivity index (χ4v) is 2.47. The fraction of sp³-hybridized carbons (Fsp3) is 0.312. The van der Waals surface area contributed by atoms with Crippen LogP contribution in [0.5, 0.6) is 5.75 Å². The average Bonchev–Trinajstić information content (AvgIpc) is 2.48. The minimum absolute atomic E-state index is 0.0325. The van der Waals surface area contributed by atoms with E-state index in [1.54, 1.807) is 13.3 Å². The maximum atomic E-state index is 6.24. The number of methoxy groups -OCH3 is 1. The number of rotatable bonds is 5. The Labute approximate surface area is 124 Å². The van der Waals surface area contributed by atoms with Gasteiger partial charge in [0.15, 0.2) is 0 Å². The first-order valence-electron chi connectivity index (χ1n) is 6.66. The van der Waals surface area contributed by atoms with E-state index in [2.05, 4.69) is 23.3 Å². The number of aromatic nitrogens is 1. The fourth-order valence-electron chi connectivity index (χ4n) is 2.29. The number of benzene rings is 1. The van der Waals surface area contributed by atoms with Gasteiger partial charge in [0.2, 0.25) is 0 Å². The van der Waals surface area contributed by atoms with E-state index in [9.17, 15) is 0 Å². The first-order valence-corrected chi connectivity index (χ1v) is 7.04.